The van der Waals surface area contributed by atoms with Gasteiger partial charge in [-0.05, 0) is 49.4 Å². The van der Waals surface area contributed by atoms with Crippen molar-refractivity contribution in [3.63, 3.8) is 0 Å². The number of nitrogens with zero attached hydrogens (tertiary/aromatic N) is 1. The Bertz CT molecular complexity index is 599. The molecule has 2 amide bonds. The predicted molar refractivity (Wildman–Crippen MR) is 90.6 cm³/mol. The van der Waals surface area contributed by atoms with Crippen molar-refractivity contribution in [1.82, 2.24) is 10.2 Å². The van der Waals surface area contributed by atoms with Crippen LogP contribution in [-0.2, 0) is 17.7 Å². The van der Waals surface area contributed by atoms with E-state index in [0.717, 1.165) is 37.2 Å². The van der Waals surface area contributed by atoms with Crippen molar-refractivity contribution in [3.8, 4) is 11.5 Å². The molecule has 24 heavy (non-hydrogen) atoms. The van der Waals surface area contributed by atoms with Crippen LogP contribution in [0.2, 0.25) is 0 Å². The third-order valence-electron chi connectivity index (χ3n) is 4.88. The van der Waals surface area contributed by atoms with E-state index in [1.165, 1.54) is 5.56 Å². The third-order valence-corrected chi connectivity index (χ3v) is 4.88. The third kappa shape index (κ3) is 3.43. The molecule has 0 saturated carbocycles. The number of fused-ring (bicyclic) bond motifs is 1. The second-order valence-electron chi connectivity index (χ2n) is 6.44. The van der Waals surface area contributed by atoms with Gasteiger partial charge in [0, 0.05) is 19.7 Å². The van der Waals surface area contributed by atoms with Crippen LogP contribution in [0.1, 0.15) is 30.9 Å². The van der Waals surface area contributed by atoms with Gasteiger partial charge in [0.2, 0.25) is 0 Å². The average Bonchev–Trinajstić information content (AvgIpc) is 3.14. The molecule has 3 rings (SSSR count). The number of urea groups is 1. The van der Waals surface area contributed by atoms with E-state index >= 15 is 0 Å². The molecule has 2 atom stereocenters. The highest BCUT2D eigenvalue weighted by molar-refractivity contribution is 5.75. The van der Waals surface area contributed by atoms with Crippen LogP contribution in [-0.4, -0.2) is 50.4 Å². The van der Waals surface area contributed by atoms with E-state index in [0.29, 0.717) is 18.8 Å². The van der Waals surface area contributed by atoms with Crippen molar-refractivity contribution in [1.29, 1.82) is 0 Å². The minimum Gasteiger partial charge on any atom is -0.493 e. The summed E-state index contributed by atoms with van der Waals surface area (Å²) in [6.07, 6.45) is 3.04. The van der Waals surface area contributed by atoms with Crippen LogP contribution in [0, 0.1) is 0 Å². The molecule has 0 radical (unpaired) electrons. The number of carbonyl (C=O) groups is 1. The zero-order chi connectivity index (χ0) is 17.1. The molecular formula is C18H26N2O4. The Labute approximate surface area is 143 Å². The van der Waals surface area contributed by atoms with Gasteiger partial charge in [-0.15, -0.1) is 0 Å². The van der Waals surface area contributed by atoms with Gasteiger partial charge in [-0.3, -0.25) is 0 Å². The van der Waals surface area contributed by atoms with E-state index in [-0.39, 0.29) is 18.2 Å². The number of ether oxygens (including phenoxy) is 3. The average molecular weight is 334 g/mol. The quantitative estimate of drug-likeness (QED) is 0.918. The highest BCUT2D eigenvalue weighted by atomic mass is 16.5. The summed E-state index contributed by atoms with van der Waals surface area (Å²) in [4.78, 5) is 14.4. The molecule has 1 fully saturated rings. The molecule has 0 spiro atoms. The Balaban J connectivity index is 1.66. The predicted octanol–water partition coefficient (Wildman–Crippen LogP) is 2.34. The fourth-order valence-corrected chi connectivity index (χ4v) is 3.43. The lowest BCUT2D eigenvalue weighted by molar-refractivity contribution is 0.0829. The van der Waals surface area contributed by atoms with Gasteiger partial charge in [-0.1, -0.05) is 0 Å². The maximum Gasteiger partial charge on any atom is 0.318 e. The van der Waals surface area contributed by atoms with Gasteiger partial charge in [0.15, 0.2) is 11.5 Å². The summed E-state index contributed by atoms with van der Waals surface area (Å²) in [5.74, 6) is 1.44. The van der Waals surface area contributed by atoms with Gasteiger partial charge < -0.3 is 24.4 Å². The lowest BCUT2D eigenvalue weighted by Crippen LogP contribution is -2.49. The van der Waals surface area contributed by atoms with Gasteiger partial charge in [-0.2, -0.15) is 0 Å². The molecule has 6 nitrogen and oxygen atoms in total. The lowest BCUT2D eigenvalue weighted by Gasteiger charge is -2.31. The van der Waals surface area contributed by atoms with Crippen molar-refractivity contribution in [2.45, 2.75) is 44.9 Å². The molecule has 0 aliphatic carbocycles. The number of hydrogen-bond donors (Lipinski definition) is 1. The van der Waals surface area contributed by atoms with Crippen LogP contribution in [0.25, 0.3) is 0 Å². The highest BCUT2D eigenvalue weighted by Gasteiger charge is 2.27. The van der Waals surface area contributed by atoms with Gasteiger partial charge in [0.25, 0.3) is 0 Å². The number of amides is 2. The topological polar surface area (TPSA) is 60.0 Å². The normalized spacial score (nSPS) is 21.1. The summed E-state index contributed by atoms with van der Waals surface area (Å²) < 4.78 is 16.4. The van der Waals surface area contributed by atoms with Crippen molar-refractivity contribution >= 4 is 6.03 Å². The van der Waals surface area contributed by atoms with Crippen molar-refractivity contribution in [3.05, 3.63) is 23.3 Å². The highest BCUT2D eigenvalue weighted by Crippen LogP contribution is 2.33. The molecule has 0 bridgehead atoms. The first kappa shape index (κ1) is 16.9. The second kappa shape index (κ2) is 7.30. The number of methoxy groups -OCH3 is 2. The molecule has 2 aliphatic rings. The summed E-state index contributed by atoms with van der Waals surface area (Å²) >= 11 is 0. The Hall–Kier alpha value is -1.95. The van der Waals surface area contributed by atoms with Crippen LogP contribution in [0.15, 0.2) is 12.1 Å². The molecular weight excluding hydrogens is 308 g/mol. The smallest absolute Gasteiger partial charge is 0.318 e. The summed E-state index contributed by atoms with van der Waals surface area (Å²) in [6.45, 7) is 4.09. The van der Waals surface area contributed by atoms with E-state index in [4.69, 9.17) is 14.2 Å². The first-order valence-electron chi connectivity index (χ1n) is 8.53. The second-order valence-corrected chi connectivity index (χ2v) is 6.44. The summed E-state index contributed by atoms with van der Waals surface area (Å²) in [5.41, 5.74) is 2.32. The SMILES string of the molecule is COc1cc2c(cc1OC)CN(C(=O)NC(C)C1CCCO1)CC2. The molecule has 6 heteroatoms. The molecule has 1 N–H and O–H groups in total. The minimum atomic E-state index is -0.0292. The summed E-state index contributed by atoms with van der Waals surface area (Å²) in [7, 11) is 3.26. The van der Waals surface area contributed by atoms with Crippen LogP contribution >= 0.6 is 0 Å². The van der Waals surface area contributed by atoms with Crippen LogP contribution < -0.4 is 14.8 Å². The van der Waals surface area contributed by atoms with Crippen LogP contribution in [0.3, 0.4) is 0 Å². The monoisotopic (exact) mass is 334 g/mol. The Morgan fingerprint density at radius 3 is 2.62 bits per heavy atom. The van der Waals surface area contributed by atoms with E-state index in [1.54, 1.807) is 14.2 Å². The molecule has 2 aliphatic heterocycles. The fraction of sp³-hybridized carbons (Fsp3) is 0.611. The van der Waals surface area contributed by atoms with E-state index in [1.807, 2.05) is 24.0 Å². The standard InChI is InChI=1S/C18H26N2O4/c1-12(15-5-4-8-24-15)19-18(21)20-7-6-13-9-16(22-2)17(23-3)10-14(13)11-20/h9-10,12,15H,4-8,11H2,1-3H3,(H,19,21). The Kier molecular flexibility index (Phi) is 5.14. The number of carbonyl (C=O) groups excluding carboxylic acids is 1. The number of rotatable bonds is 4. The maximum absolute atomic E-state index is 12.6. The number of nitrogens with one attached hydrogen (secondary N) is 1. The van der Waals surface area contributed by atoms with Crippen LogP contribution in [0.5, 0.6) is 11.5 Å². The molecule has 2 heterocycles. The molecule has 132 valence electrons. The van der Waals surface area contributed by atoms with E-state index < -0.39 is 0 Å². The fourth-order valence-electron chi connectivity index (χ4n) is 3.43. The van der Waals surface area contributed by atoms with Gasteiger partial charge in [-0.25, -0.2) is 4.79 Å². The first-order valence-corrected chi connectivity index (χ1v) is 8.53. The number of benzene rings is 1. The molecule has 2 unspecified atom stereocenters. The van der Waals surface area contributed by atoms with E-state index in [9.17, 15) is 4.79 Å². The van der Waals surface area contributed by atoms with Crippen molar-refractivity contribution in [2.75, 3.05) is 27.4 Å². The van der Waals surface area contributed by atoms with Crippen molar-refractivity contribution in [2.24, 2.45) is 0 Å². The van der Waals surface area contributed by atoms with Crippen LogP contribution in [0.4, 0.5) is 4.79 Å². The minimum absolute atomic E-state index is 0.0292. The summed E-state index contributed by atoms with van der Waals surface area (Å²) in [5, 5.41) is 3.08. The zero-order valence-electron chi connectivity index (χ0n) is 14.6. The maximum atomic E-state index is 12.6. The van der Waals surface area contributed by atoms with Gasteiger partial charge in [0.05, 0.1) is 26.4 Å². The largest absolute Gasteiger partial charge is 0.493 e. The molecule has 1 aromatic carbocycles. The van der Waals surface area contributed by atoms with Gasteiger partial charge >= 0.3 is 6.03 Å². The summed E-state index contributed by atoms with van der Waals surface area (Å²) in [6, 6.07) is 3.99. The first-order chi connectivity index (χ1) is 11.6. The molecule has 0 aromatic heterocycles. The zero-order valence-corrected chi connectivity index (χ0v) is 14.6. The molecule has 1 saturated heterocycles. The Morgan fingerprint density at radius 2 is 2.00 bits per heavy atom. The molecule has 1 aromatic rings. The van der Waals surface area contributed by atoms with E-state index in [2.05, 4.69) is 5.32 Å². The Morgan fingerprint density at radius 1 is 1.29 bits per heavy atom. The van der Waals surface area contributed by atoms with Gasteiger partial charge in [0.1, 0.15) is 0 Å². The number of hydrogen-bond acceptors (Lipinski definition) is 4. The lowest BCUT2D eigenvalue weighted by atomic mass is 9.99. The van der Waals surface area contributed by atoms with Crippen molar-refractivity contribution < 1.29 is 19.0 Å².